The predicted molar refractivity (Wildman–Crippen MR) is 70.7 cm³/mol. The van der Waals surface area contributed by atoms with E-state index >= 15 is 0 Å². The molecular weight excluding hydrogens is 272 g/mol. The van der Waals surface area contributed by atoms with Crippen molar-refractivity contribution in [3.63, 3.8) is 0 Å². The monoisotopic (exact) mass is 289 g/mol. The zero-order valence-electron chi connectivity index (χ0n) is 11.9. The Bertz CT molecular complexity index is 486. The number of aromatic nitrogens is 1. The average molecular weight is 289 g/mol. The third kappa shape index (κ3) is 5.10. The molecule has 4 nitrogen and oxygen atoms in total. The van der Waals surface area contributed by atoms with Crippen LogP contribution in [0.4, 0.5) is 17.7 Å². The van der Waals surface area contributed by atoms with Gasteiger partial charge in [-0.3, -0.25) is 4.98 Å². The Hall–Kier alpha value is -1.73. The Labute approximate surface area is 116 Å². The quantitative estimate of drug-likeness (QED) is 0.803. The van der Waals surface area contributed by atoms with Crippen LogP contribution in [0.5, 0.6) is 0 Å². The molecule has 0 aliphatic carbocycles. The highest BCUT2D eigenvalue weighted by molar-refractivity contribution is 6.73. The summed E-state index contributed by atoms with van der Waals surface area (Å²) in [5, 5.41) is 0. The van der Waals surface area contributed by atoms with E-state index in [-0.39, 0.29) is 12.2 Å². The first-order chi connectivity index (χ1) is 8.99. The van der Waals surface area contributed by atoms with E-state index < -0.39 is 24.1 Å². The highest BCUT2D eigenvalue weighted by atomic mass is 19.4. The Morgan fingerprint density at radius 1 is 1.40 bits per heavy atom. The van der Waals surface area contributed by atoms with E-state index in [1.807, 2.05) is 0 Å². The molecule has 0 N–H and O–H groups in total. The molecule has 1 aromatic rings. The van der Waals surface area contributed by atoms with Gasteiger partial charge in [0.2, 0.25) is 0 Å². The Morgan fingerprint density at radius 3 is 2.50 bits per heavy atom. The number of amides is 1. The fourth-order valence-corrected chi connectivity index (χ4v) is 1.43. The fraction of sp³-hybridized carbons (Fsp3) is 0.500. The minimum Gasteiger partial charge on any atom is -0.445 e. The molecule has 1 aromatic heterocycles. The molecule has 8 heteroatoms. The summed E-state index contributed by atoms with van der Waals surface area (Å²) in [4.78, 5) is 16.7. The molecule has 1 rings (SSSR count). The van der Waals surface area contributed by atoms with E-state index in [1.165, 1.54) is 11.9 Å². The summed E-state index contributed by atoms with van der Waals surface area (Å²) in [5.41, 5.74) is -1.22. The molecule has 0 atom stereocenters. The second kappa shape index (κ2) is 5.72. The highest BCUT2D eigenvalue weighted by Gasteiger charge is 2.26. The maximum Gasteiger partial charge on any atom is 0.509 e. The maximum absolute atomic E-state index is 12.6. The minimum absolute atomic E-state index is 0.0467. The van der Waals surface area contributed by atoms with Gasteiger partial charge in [0.1, 0.15) is 5.60 Å². The standard InChI is InChI=1S/C12H17BF3N2O2/c1-12(2,3)20-11(19)18(4)8-10-7-9(5-6-17-10)13(14,15)16/h5-7H,8H2,1-4H3/q-1. The van der Waals surface area contributed by atoms with Gasteiger partial charge in [0, 0.05) is 13.2 Å². The number of pyridine rings is 1. The van der Waals surface area contributed by atoms with Gasteiger partial charge in [-0.1, -0.05) is 12.1 Å². The van der Waals surface area contributed by atoms with Crippen LogP contribution in [0, 0.1) is 0 Å². The van der Waals surface area contributed by atoms with E-state index in [4.69, 9.17) is 4.74 Å². The molecule has 0 aromatic carbocycles. The zero-order chi connectivity index (χ0) is 15.6. The topological polar surface area (TPSA) is 42.4 Å². The van der Waals surface area contributed by atoms with Crippen LogP contribution in [0.1, 0.15) is 26.5 Å². The van der Waals surface area contributed by atoms with Gasteiger partial charge < -0.3 is 22.6 Å². The molecule has 0 bridgehead atoms. The number of carbonyl (C=O) groups is 1. The first-order valence-electron chi connectivity index (χ1n) is 6.08. The van der Waals surface area contributed by atoms with Crippen molar-refractivity contribution < 1.29 is 22.5 Å². The Kier molecular flexibility index (Phi) is 4.67. The second-order valence-electron chi connectivity index (χ2n) is 5.49. The van der Waals surface area contributed by atoms with Gasteiger partial charge >= 0.3 is 13.1 Å². The van der Waals surface area contributed by atoms with Gasteiger partial charge in [-0.15, -0.1) is 5.46 Å². The van der Waals surface area contributed by atoms with Crippen LogP contribution in [0.25, 0.3) is 0 Å². The van der Waals surface area contributed by atoms with Crippen molar-refractivity contribution >= 4 is 18.5 Å². The normalized spacial score (nSPS) is 12.2. The Balaban J connectivity index is 2.76. The molecule has 0 radical (unpaired) electrons. The van der Waals surface area contributed by atoms with Crippen molar-refractivity contribution in [2.45, 2.75) is 32.9 Å². The van der Waals surface area contributed by atoms with Crippen molar-refractivity contribution in [1.29, 1.82) is 0 Å². The van der Waals surface area contributed by atoms with Crippen LogP contribution in [-0.4, -0.2) is 35.6 Å². The van der Waals surface area contributed by atoms with E-state index in [9.17, 15) is 17.7 Å². The van der Waals surface area contributed by atoms with Crippen LogP contribution in [0.3, 0.4) is 0 Å². The average Bonchev–Trinajstić information content (AvgIpc) is 2.25. The molecule has 0 saturated carbocycles. The zero-order valence-corrected chi connectivity index (χ0v) is 11.9. The lowest BCUT2D eigenvalue weighted by Gasteiger charge is -2.24. The van der Waals surface area contributed by atoms with Crippen LogP contribution >= 0.6 is 0 Å². The Morgan fingerprint density at radius 2 is 2.00 bits per heavy atom. The van der Waals surface area contributed by atoms with Crippen LogP contribution in [0.2, 0.25) is 0 Å². The molecule has 1 heterocycles. The fourth-order valence-electron chi connectivity index (χ4n) is 1.43. The number of halogens is 3. The highest BCUT2D eigenvalue weighted by Crippen LogP contribution is 2.12. The van der Waals surface area contributed by atoms with Crippen molar-refractivity contribution in [2.24, 2.45) is 0 Å². The third-order valence-electron chi connectivity index (χ3n) is 2.32. The van der Waals surface area contributed by atoms with Gasteiger partial charge in [0.25, 0.3) is 0 Å². The van der Waals surface area contributed by atoms with Gasteiger partial charge in [-0.2, -0.15) is 0 Å². The van der Waals surface area contributed by atoms with Crippen molar-refractivity contribution in [1.82, 2.24) is 9.88 Å². The van der Waals surface area contributed by atoms with Gasteiger partial charge in [0.05, 0.1) is 12.2 Å². The molecule has 0 aliphatic heterocycles. The number of rotatable bonds is 3. The second-order valence-corrected chi connectivity index (χ2v) is 5.49. The molecular formula is C12H17BF3N2O2-. The predicted octanol–water partition coefficient (Wildman–Crippen LogP) is 2.50. The largest absolute Gasteiger partial charge is 0.509 e. The van der Waals surface area contributed by atoms with Crippen molar-refractivity contribution in [3.8, 4) is 0 Å². The maximum atomic E-state index is 12.6. The van der Waals surface area contributed by atoms with Gasteiger partial charge in [-0.25, -0.2) is 4.79 Å². The number of nitrogens with zero attached hydrogens (tertiary/aromatic N) is 2. The van der Waals surface area contributed by atoms with Crippen LogP contribution in [0.15, 0.2) is 18.3 Å². The lowest BCUT2D eigenvalue weighted by Crippen LogP contribution is -2.36. The molecule has 0 aliphatic rings. The van der Waals surface area contributed by atoms with Gasteiger partial charge in [-0.05, 0) is 20.8 Å². The summed E-state index contributed by atoms with van der Waals surface area (Å²) < 4.78 is 43.0. The van der Waals surface area contributed by atoms with Crippen LogP contribution in [-0.2, 0) is 11.3 Å². The summed E-state index contributed by atoms with van der Waals surface area (Å²) in [7, 11) is 1.45. The SMILES string of the molecule is CN(Cc1cc([B-](F)(F)F)ccn1)C(=O)OC(C)(C)C. The molecule has 0 spiro atoms. The minimum atomic E-state index is -5.07. The number of hydrogen-bond acceptors (Lipinski definition) is 3. The number of ether oxygens (including phenoxy) is 1. The van der Waals surface area contributed by atoms with Crippen molar-refractivity contribution in [3.05, 3.63) is 24.0 Å². The summed E-state index contributed by atoms with van der Waals surface area (Å²) in [6.07, 6.45) is 0.477. The first kappa shape index (κ1) is 16.3. The molecule has 0 fully saturated rings. The number of carbonyl (C=O) groups excluding carboxylic acids is 1. The van der Waals surface area contributed by atoms with E-state index in [0.29, 0.717) is 0 Å². The summed E-state index contributed by atoms with van der Waals surface area (Å²) >= 11 is 0. The molecule has 0 unspecified atom stereocenters. The van der Waals surface area contributed by atoms with Gasteiger partial charge in [0.15, 0.2) is 0 Å². The van der Waals surface area contributed by atoms with Crippen LogP contribution < -0.4 is 5.46 Å². The number of hydrogen-bond donors (Lipinski definition) is 0. The summed E-state index contributed by atoms with van der Waals surface area (Å²) in [6, 6.07) is 1.86. The molecule has 0 saturated heterocycles. The molecule has 20 heavy (non-hydrogen) atoms. The van der Waals surface area contributed by atoms with E-state index in [1.54, 1.807) is 20.8 Å². The van der Waals surface area contributed by atoms with E-state index in [2.05, 4.69) is 4.98 Å². The lowest BCUT2D eigenvalue weighted by molar-refractivity contribution is 0.0283. The lowest BCUT2D eigenvalue weighted by atomic mass is 9.80. The molecule has 1 amide bonds. The molecule has 112 valence electrons. The van der Waals surface area contributed by atoms with E-state index in [0.717, 1.165) is 18.3 Å². The summed E-state index contributed by atoms with van der Waals surface area (Å²) in [6.45, 7) is 0.0188. The first-order valence-corrected chi connectivity index (χ1v) is 6.08. The third-order valence-corrected chi connectivity index (χ3v) is 2.32. The smallest absolute Gasteiger partial charge is 0.445 e. The summed E-state index contributed by atoms with van der Waals surface area (Å²) in [5.74, 6) is 0. The van der Waals surface area contributed by atoms with Crippen molar-refractivity contribution in [2.75, 3.05) is 7.05 Å².